The van der Waals surface area contributed by atoms with Crippen LogP contribution >= 0.6 is 0 Å². The Hall–Kier alpha value is -4.28. The Kier molecular flexibility index (Phi) is 9.04. The molecule has 0 unspecified atom stereocenters. The molecule has 0 heterocycles. The average Bonchev–Trinajstić information content (AvgIpc) is 2.81. The highest BCUT2D eigenvalue weighted by molar-refractivity contribution is 5.97. The molecule has 2 amide bonds. The second kappa shape index (κ2) is 11.9. The lowest BCUT2D eigenvalue weighted by atomic mass is 10.1. The number of nitrogens with one attached hydrogen (secondary N) is 2. The summed E-state index contributed by atoms with van der Waals surface area (Å²) in [4.78, 5) is 35.6. The summed E-state index contributed by atoms with van der Waals surface area (Å²) in [6.45, 7) is 0.965. The zero-order chi connectivity index (χ0) is 24.4. The molecule has 0 aliphatic rings. The maximum absolute atomic E-state index is 12.4. The number of esters is 1. The number of benzene rings is 2. The predicted octanol–water partition coefficient (Wildman–Crippen LogP) is 1.53. The molecule has 0 radical (unpaired) electrons. The van der Waals surface area contributed by atoms with E-state index in [-0.39, 0.29) is 17.9 Å². The molecule has 11 nitrogen and oxygen atoms in total. The summed E-state index contributed by atoms with van der Waals surface area (Å²) in [6.07, 6.45) is 1.37. The van der Waals surface area contributed by atoms with Gasteiger partial charge in [-0.1, -0.05) is 0 Å². The largest absolute Gasteiger partial charge is 0.493 e. The minimum absolute atomic E-state index is 0.223. The molecule has 0 fully saturated rings. The molecular formula is C22H25N3O8. The van der Waals surface area contributed by atoms with E-state index in [2.05, 4.69) is 15.8 Å². The number of rotatable bonds is 10. The summed E-state index contributed by atoms with van der Waals surface area (Å²) < 4.78 is 25.8. The summed E-state index contributed by atoms with van der Waals surface area (Å²) in [5.74, 6) is 0.0302. The van der Waals surface area contributed by atoms with Gasteiger partial charge in [-0.2, -0.15) is 5.10 Å². The van der Waals surface area contributed by atoms with E-state index in [0.29, 0.717) is 28.6 Å². The number of amides is 2. The van der Waals surface area contributed by atoms with Gasteiger partial charge in [0, 0.05) is 12.5 Å². The van der Waals surface area contributed by atoms with Crippen molar-refractivity contribution in [3.63, 3.8) is 0 Å². The van der Waals surface area contributed by atoms with E-state index in [1.54, 1.807) is 18.2 Å². The number of ether oxygens (including phenoxy) is 5. The van der Waals surface area contributed by atoms with Crippen molar-refractivity contribution in [3.05, 3.63) is 41.5 Å². The first-order valence-electron chi connectivity index (χ1n) is 9.59. The van der Waals surface area contributed by atoms with Crippen LogP contribution in [0.15, 0.2) is 35.4 Å². The van der Waals surface area contributed by atoms with Crippen molar-refractivity contribution in [2.75, 3.05) is 35.0 Å². The van der Waals surface area contributed by atoms with Gasteiger partial charge in [0.15, 0.2) is 23.0 Å². The molecule has 0 bridgehead atoms. The molecule has 2 N–H and O–H groups in total. The second-order valence-electron chi connectivity index (χ2n) is 6.39. The first kappa shape index (κ1) is 25.0. The van der Waals surface area contributed by atoms with E-state index in [1.165, 1.54) is 53.7 Å². The molecule has 0 aliphatic heterocycles. The van der Waals surface area contributed by atoms with Gasteiger partial charge >= 0.3 is 5.97 Å². The zero-order valence-corrected chi connectivity index (χ0v) is 18.9. The molecular weight excluding hydrogens is 434 g/mol. The Balaban J connectivity index is 1.96. The molecule has 2 aromatic carbocycles. The number of carbonyl (C=O) groups is 3. The normalized spacial score (nSPS) is 10.3. The quantitative estimate of drug-likeness (QED) is 0.236. The van der Waals surface area contributed by atoms with Crippen molar-refractivity contribution in [2.24, 2.45) is 5.10 Å². The minimum Gasteiger partial charge on any atom is -0.493 e. The van der Waals surface area contributed by atoms with Crippen LogP contribution in [0.4, 0.5) is 0 Å². The fourth-order valence-electron chi connectivity index (χ4n) is 2.70. The minimum atomic E-state index is -0.546. The van der Waals surface area contributed by atoms with Gasteiger partial charge in [0.05, 0.1) is 41.2 Å². The molecule has 176 valence electrons. The number of hydrogen-bond acceptors (Lipinski definition) is 9. The lowest BCUT2D eigenvalue weighted by Crippen LogP contribution is -2.34. The number of methoxy groups -OCH3 is 4. The van der Waals surface area contributed by atoms with Crippen LogP contribution in [-0.2, 0) is 9.59 Å². The molecule has 0 aliphatic carbocycles. The molecule has 33 heavy (non-hydrogen) atoms. The fraction of sp³-hybridized carbons (Fsp3) is 0.273. The van der Waals surface area contributed by atoms with Gasteiger partial charge in [-0.15, -0.1) is 0 Å². The van der Waals surface area contributed by atoms with E-state index in [9.17, 15) is 14.4 Å². The van der Waals surface area contributed by atoms with Gasteiger partial charge in [0.2, 0.25) is 5.75 Å². The monoisotopic (exact) mass is 459 g/mol. The fourth-order valence-corrected chi connectivity index (χ4v) is 2.70. The Morgan fingerprint density at radius 2 is 1.52 bits per heavy atom. The highest BCUT2D eigenvalue weighted by Gasteiger charge is 2.17. The third-order valence-electron chi connectivity index (χ3n) is 4.18. The first-order chi connectivity index (χ1) is 15.8. The van der Waals surface area contributed by atoms with Crippen LogP contribution in [-0.4, -0.2) is 59.0 Å². The van der Waals surface area contributed by atoms with Crippen LogP contribution in [0.25, 0.3) is 0 Å². The Morgan fingerprint density at radius 1 is 0.879 bits per heavy atom. The standard InChI is InChI=1S/C22H25N3O8/c1-13(26)33-16-7-6-14(8-17(16)29-2)11-24-25-20(27)12-23-22(28)15-9-18(30-3)21(32-5)19(10-15)31-4/h6-11H,12H2,1-5H3,(H,23,28)(H,25,27). The van der Waals surface area contributed by atoms with Crippen LogP contribution in [0.1, 0.15) is 22.8 Å². The van der Waals surface area contributed by atoms with Crippen LogP contribution in [0.5, 0.6) is 28.7 Å². The van der Waals surface area contributed by atoms with Gasteiger partial charge in [0.1, 0.15) is 0 Å². The van der Waals surface area contributed by atoms with Crippen molar-refractivity contribution < 1.29 is 38.1 Å². The maximum atomic E-state index is 12.4. The summed E-state index contributed by atoms with van der Waals surface area (Å²) in [6, 6.07) is 7.70. The highest BCUT2D eigenvalue weighted by atomic mass is 16.6. The molecule has 2 aromatic rings. The maximum Gasteiger partial charge on any atom is 0.308 e. The summed E-state index contributed by atoms with van der Waals surface area (Å²) >= 11 is 0. The Morgan fingerprint density at radius 3 is 2.06 bits per heavy atom. The molecule has 0 aromatic heterocycles. The topological polar surface area (TPSA) is 134 Å². The number of hydrogen-bond donors (Lipinski definition) is 2. The number of carbonyl (C=O) groups excluding carboxylic acids is 3. The van der Waals surface area contributed by atoms with Crippen molar-refractivity contribution in [2.45, 2.75) is 6.92 Å². The van der Waals surface area contributed by atoms with Crippen LogP contribution in [0, 0.1) is 0 Å². The molecule has 11 heteroatoms. The van der Waals surface area contributed by atoms with Gasteiger partial charge in [-0.3, -0.25) is 14.4 Å². The van der Waals surface area contributed by atoms with E-state index in [0.717, 1.165) is 0 Å². The van der Waals surface area contributed by atoms with Crippen LogP contribution in [0.2, 0.25) is 0 Å². The number of nitrogens with zero attached hydrogens (tertiary/aromatic N) is 1. The first-order valence-corrected chi connectivity index (χ1v) is 9.59. The summed E-state index contributed by atoms with van der Waals surface area (Å²) in [5.41, 5.74) is 3.12. The average molecular weight is 459 g/mol. The van der Waals surface area contributed by atoms with Crippen molar-refractivity contribution in [1.82, 2.24) is 10.7 Å². The van der Waals surface area contributed by atoms with E-state index >= 15 is 0 Å². The highest BCUT2D eigenvalue weighted by Crippen LogP contribution is 2.38. The smallest absolute Gasteiger partial charge is 0.308 e. The van der Waals surface area contributed by atoms with Gasteiger partial charge < -0.3 is 29.0 Å². The van der Waals surface area contributed by atoms with Crippen LogP contribution < -0.4 is 34.4 Å². The molecule has 0 saturated heterocycles. The van der Waals surface area contributed by atoms with Crippen molar-refractivity contribution >= 4 is 24.0 Å². The summed E-state index contributed by atoms with van der Waals surface area (Å²) in [7, 11) is 5.75. The predicted molar refractivity (Wildman–Crippen MR) is 118 cm³/mol. The second-order valence-corrected chi connectivity index (χ2v) is 6.39. The van der Waals surface area contributed by atoms with Gasteiger partial charge in [-0.25, -0.2) is 5.43 Å². The number of hydrazone groups is 1. The Bertz CT molecular complexity index is 1030. The van der Waals surface area contributed by atoms with Gasteiger partial charge in [0.25, 0.3) is 11.8 Å². The van der Waals surface area contributed by atoms with E-state index in [4.69, 9.17) is 23.7 Å². The summed E-state index contributed by atoms with van der Waals surface area (Å²) in [5, 5.41) is 6.33. The van der Waals surface area contributed by atoms with E-state index < -0.39 is 17.8 Å². The van der Waals surface area contributed by atoms with Crippen molar-refractivity contribution in [1.29, 1.82) is 0 Å². The molecule has 0 atom stereocenters. The van der Waals surface area contributed by atoms with Gasteiger partial charge in [-0.05, 0) is 35.9 Å². The van der Waals surface area contributed by atoms with E-state index in [1.807, 2.05) is 0 Å². The zero-order valence-electron chi connectivity index (χ0n) is 18.9. The molecule has 0 spiro atoms. The molecule has 2 rings (SSSR count). The van der Waals surface area contributed by atoms with Crippen molar-refractivity contribution in [3.8, 4) is 28.7 Å². The lowest BCUT2D eigenvalue weighted by molar-refractivity contribution is -0.132. The van der Waals surface area contributed by atoms with Crippen LogP contribution in [0.3, 0.4) is 0 Å². The third-order valence-corrected chi connectivity index (χ3v) is 4.18. The SMILES string of the molecule is COc1cc(C=NNC(=O)CNC(=O)c2cc(OC)c(OC)c(OC)c2)ccc1OC(C)=O. The molecule has 0 saturated carbocycles. The lowest BCUT2D eigenvalue weighted by Gasteiger charge is -2.14. The Labute approximate surface area is 190 Å². The third kappa shape index (κ3) is 6.86.